The molecule has 1 fully saturated rings. The zero-order chi connectivity index (χ0) is 19.6. The second-order valence-corrected chi connectivity index (χ2v) is 6.69. The second kappa shape index (κ2) is 7.90. The van der Waals surface area contributed by atoms with Gasteiger partial charge in [0, 0.05) is 10.6 Å². The molecule has 2 amide bonds. The van der Waals surface area contributed by atoms with Gasteiger partial charge in [0.25, 0.3) is 11.8 Å². The number of nitrogens with zero attached hydrogens (tertiary/aromatic N) is 1. The fourth-order valence-electron chi connectivity index (χ4n) is 2.75. The van der Waals surface area contributed by atoms with Crippen LogP contribution in [-0.4, -0.2) is 24.0 Å². The summed E-state index contributed by atoms with van der Waals surface area (Å²) in [6, 6.07) is 12.4. The molecular weight excluding hydrogens is 384 g/mol. The van der Waals surface area contributed by atoms with Crippen LogP contribution >= 0.6 is 23.8 Å². The summed E-state index contributed by atoms with van der Waals surface area (Å²) in [5, 5.41) is 3.08. The lowest BCUT2D eigenvalue weighted by atomic mass is 10.1. The number of carbonyl (C=O) groups excluding carboxylic acids is 2. The van der Waals surface area contributed by atoms with E-state index in [1.807, 2.05) is 19.1 Å². The number of carbonyl (C=O) groups is 2. The van der Waals surface area contributed by atoms with Gasteiger partial charge in [-0.25, -0.2) is 0 Å². The van der Waals surface area contributed by atoms with Crippen LogP contribution in [0.5, 0.6) is 5.75 Å². The Labute approximate surface area is 167 Å². The summed E-state index contributed by atoms with van der Waals surface area (Å²) in [5.41, 5.74) is 2.20. The third kappa shape index (κ3) is 3.86. The largest absolute Gasteiger partial charge is 0.496 e. The Hall–Kier alpha value is -2.70. The number of hydrogen-bond acceptors (Lipinski definition) is 4. The molecule has 0 radical (unpaired) electrons. The van der Waals surface area contributed by atoms with Crippen molar-refractivity contribution < 1.29 is 14.3 Å². The van der Waals surface area contributed by atoms with E-state index in [1.165, 1.54) is 18.1 Å². The summed E-state index contributed by atoms with van der Waals surface area (Å²) in [6.07, 6.45) is 2.34. The van der Waals surface area contributed by atoms with E-state index in [1.54, 1.807) is 30.3 Å². The summed E-state index contributed by atoms with van der Waals surface area (Å²) in [5.74, 6) is -0.567. The predicted molar refractivity (Wildman–Crippen MR) is 110 cm³/mol. The molecule has 1 aliphatic rings. The first-order chi connectivity index (χ1) is 12.9. The number of hydrogen-bond donors (Lipinski definition) is 1. The van der Waals surface area contributed by atoms with Crippen molar-refractivity contribution in [1.29, 1.82) is 0 Å². The minimum absolute atomic E-state index is 0.0458. The standard InChI is InChI=1S/C20H17ClN2O3S/c1-3-12-4-7-15(8-5-12)23-19(25)16(18(24)22-20(23)27)11-13-10-14(21)6-9-17(13)26-2/h4-11H,3H2,1-2H3,(H,22,24,27)/b16-11+. The number of halogens is 1. The number of aryl methyl sites for hydroxylation is 1. The number of benzene rings is 2. The van der Waals surface area contributed by atoms with Crippen LogP contribution in [0, 0.1) is 0 Å². The number of anilines is 1. The fraction of sp³-hybridized carbons (Fsp3) is 0.150. The van der Waals surface area contributed by atoms with Gasteiger partial charge in [0.2, 0.25) is 0 Å². The van der Waals surface area contributed by atoms with Gasteiger partial charge < -0.3 is 4.74 Å². The fourth-order valence-corrected chi connectivity index (χ4v) is 3.21. The van der Waals surface area contributed by atoms with Crippen LogP contribution in [-0.2, 0) is 16.0 Å². The Balaban J connectivity index is 2.03. The zero-order valence-electron chi connectivity index (χ0n) is 14.8. The molecular formula is C20H17ClN2O3S. The number of thiocarbonyl (C=S) groups is 1. The molecule has 0 atom stereocenters. The number of amides is 2. The molecule has 0 aliphatic carbocycles. The maximum absolute atomic E-state index is 13.0. The van der Waals surface area contributed by atoms with Crippen molar-refractivity contribution in [3.63, 3.8) is 0 Å². The van der Waals surface area contributed by atoms with E-state index < -0.39 is 11.8 Å². The highest BCUT2D eigenvalue weighted by Gasteiger charge is 2.34. The van der Waals surface area contributed by atoms with Crippen LogP contribution in [0.3, 0.4) is 0 Å². The maximum atomic E-state index is 13.0. The maximum Gasteiger partial charge on any atom is 0.270 e. The van der Waals surface area contributed by atoms with Crippen LogP contribution in [0.4, 0.5) is 5.69 Å². The Morgan fingerprint density at radius 2 is 1.89 bits per heavy atom. The minimum atomic E-state index is -0.562. The average molecular weight is 401 g/mol. The van der Waals surface area contributed by atoms with Crippen molar-refractivity contribution in [3.05, 3.63) is 64.2 Å². The molecule has 1 N–H and O–H groups in total. The molecule has 0 spiro atoms. The lowest BCUT2D eigenvalue weighted by Crippen LogP contribution is -2.54. The second-order valence-electron chi connectivity index (χ2n) is 5.86. The van der Waals surface area contributed by atoms with E-state index >= 15 is 0 Å². The van der Waals surface area contributed by atoms with Crippen LogP contribution in [0.2, 0.25) is 5.02 Å². The molecule has 0 unspecified atom stereocenters. The van der Waals surface area contributed by atoms with Gasteiger partial charge in [-0.15, -0.1) is 0 Å². The Morgan fingerprint density at radius 3 is 2.52 bits per heavy atom. The van der Waals surface area contributed by atoms with Crippen molar-refractivity contribution in [3.8, 4) is 5.75 Å². The number of rotatable bonds is 4. The number of ether oxygens (including phenoxy) is 1. The molecule has 0 saturated carbocycles. The molecule has 7 heteroatoms. The van der Waals surface area contributed by atoms with Crippen molar-refractivity contribution in [2.24, 2.45) is 0 Å². The molecule has 1 aliphatic heterocycles. The molecule has 2 aromatic rings. The first-order valence-electron chi connectivity index (χ1n) is 8.28. The quantitative estimate of drug-likeness (QED) is 0.482. The molecule has 5 nitrogen and oxygen atoms in total. The van der Waals surface area contributed by atoms with Crippen LogP contribution < -0.4 is 15.0 Å². The van der Waals surface area contributed by atoms with Gasteiger partial charge in [0.15, 0.2) is 5.11 Å². The average Bonchev–Trinajstić information content (AvgIpc) is 2.65. The SMILES string of the molecule is CCc1ccc(N2C(=O)/C(=C/c3cc(Cl)ccc3OC)C(=O)NC2=S)cc1. The van der Waals surface area contributed by atoms with Gasteiger partial charge in [0.1, 0.15) is 11.3 Å². The van der Waals surface area contributed by atoms with E-state index in [9.17, 15) is 9.59 Å². The van der Waals surface area contributed by atoms with Gasteiger partial charge in [-0.2, -0.15) is 0 Å². The monoisotopic (exact) mass is 400 g/mol. The highest BCUT2D eigenvalue weighted by molar-refractivity contribution is 7.80. The third-order valence-corrected chi connectivity index (χ3v) is 4.72. The van der Waals surface area contributed by atoms with Gasteiger partial charge in [-0.1, -0.05) is 30.7 Å². The van der Waals surface area contributed by atoms with Gasteiger partial charge in [-0.05, 0) is 60.6 Å². The van der Waals surface area contributed by atoms with Crippen LogP contribution in [0.15, 0.2) is 48.0 Å². The topological polar surface area (TPSA) is 58.6 Å². The van der Waals surface area contributed by atoms with E-state index in [0.29, 0.717) is 22.0 Å². The van der Waals surface area contributed by atoms with Crippen LogP contribution in [0.25, 0.3) is 6.08 Å². The summed E-state index contributed by atoms with van der Waals surface area (Å²) < 4.78 is 5.28. The summed E-state index contributed by atoms with van der Waals surface area (Å²) in [7, 11) is 1.50. The Kier molecular flexibility index (Phi) is 5.58. The molecule has 138 valence electrons. The summed E-state index contributed by atoms with van der Waals surface area (Å²) in [6.45, 7) is 2.05. The number of methoxy groups -OCH3 is 1. The summed E-state index contributed by atoms with van der Waals surface area (Å²) >= 11 is 11.3. The Morgan fingerprint density at radius 1 is 1.19 bits per heavy atom. The van der Waals surface area contributed by atoms with Gasteiger partial charge in [0.05, 0.1) is 12.8 Å². The van der Waals surface area contributed by atoms with E-state index in [4.69, 9.17) is 28.6 Å². The molecule has 0 bridgehead atoms. The van der Waals surface area contributed by atoms with E-state index in [0.717, 1.165) is 12.0 Å². The highest BCUT2D eigenvalue weighted by Crippen LogP contribution is 2.27. The van der Waals surface area contributed by atoms with Gasteiger partial charge >= 0.3 is 0 Å². The van der Waals surface area contributed by atoms with Crippen molar-refractivity contribution >= 4 is 52.5 Å². The van der Waals surface area contributed by atoms with Crippen LogP contribution in [0.1, 0.15) is 18.1 Å². The van der Waals surface area contributed by atoms with Crippen molar-refractivity contribution in [2.75, 3.05) is 12.0 Å². The van der Waals surface area contributed by atoms with Crippen molar-refractivity contribution in [1.82, 2.24) is 5.32 Å². The normalized spacial score (nSPS) is 15.9. The van der Waals surface area contributed by atoms with E-state index in [-0.39, 0.29) is 10.7 Å². The smallest absolute Gasteiger partial charge is 0.270 e. The lowest BCUT2D eigenvalue weighted by Gasteiger charge is -2.29. The molecule has 1 heterocycles. The van der Waals surface area contributed by atoms with Crippen molar-refractivity contribution in [2.45, 2.75) is 13.3 Å². The van der Waals surface area contributed by atoms with E-state index in [2.05, 4.69) is 5.32 Å². The first-order valence-corrected chi connectivity index (χ1v) is 9.07. The molecule has 0 aromatic heterocycles. The number of nitrogens with one attached hydrogen (secondary N) is 1. The third-order valence-electron chi connectivity index (χ3n) is 4.20. The summed E-state index contributed by atoms with van der Waals surface area (Å²) in [4.78, 5) is 26.7. The molecule has 27 heavy (non-hydrogen) atoms. The predicted octanol–water partition coefficient (Wildman–Crippen LogP) is 3.74. The zero-order valence-corrected chi connectivity index (χ0v) is 16.4. The first kappa shape index (κ1) is 19.1. The molecule has 3 rings (SSSR count). The van der Waals surface area contributed by atoms with Gasteiger partial charge in [-0.3, -0.25) is 19.8 Å². The lowest BCUT2D eigenvalue weighted by molar-refractivity contribution is -0.122. The Bertz CT molecular complexity index is 954. The highest BCUT2D eigenvalue weighted by atomic mass is 35.5. The molecule has 1 saturated heterocycles. The minimum Gasteiger partial charge on any atom is -0.496 e. The molecule has 2 aromatic carbocycles.